The van der Waals surface area contributed by atoms with E-state index in [1.807, 2.05) is 129 Å². The van der Waals surface area contributed by atoms with Crippen LogP contribution >= 0.6 is 70.4 Å². The number of terminal acetylenes is 1. The first-order chi connectivity index (χ1) is 50.9. The molecule has 0 radical (unpaired) electrons. The highest BCUT2D eigenvalue weighted by Gasteiger charge is 2.51. The van der Waals surface area contributed by atoms with E-state index in [1.165, 1.54) is 22.1 Å². The second kappa shape index (κ2) is 34.7. The number of nitrogen functional groups attached to an aromatic ring is 2. The molecule has 0 bridgehead atoms. The van der Waals surface area contributed by atoms with Crippen LogP contribution in [-0.4, -0.2) is 77.9 Å². The largest absolute Gasteiger partial charge is 0.494 e. The molecule has 5 aromatic carbocycles. The zero-order valence-electron chi connectivity index (χ0n) is 60.2. The Hall–Kier alpha value is -10.4. The molecule has 0 atom stereocenters. The number of nitrogens with zero attached hydrogens (tertiary/aromatic N) is 9. The molecule has 15 aromatic rings. The number of rotatable bonds is 7. The highest BCUT2D eigenvalue weighted by atomic mass is 127. The fraction of sp³-hybridized carbons (Fsp3) is 0.153. The second-order valence-corrected chi connectivity index (χ2v) is 30.0. The van der Waals surface area contributed by atoms with Crippen LogP contribution in [0.1, 0.15) is 79.1 Å². The minimum Gasteiger partial charge on any atom is -0.399 e. The van der Waals surface area contributed by atoms with E-state index in [2.05, 4.69) is 266 Å². The van der Waals surface area contributed by atoms with Crippen molar-refractivity contribution < 1.29 is 9.31 Å². The Morgan fingerprint density at radius 2 is 0.925 bits per heavy atom. The molecule has 0 amide bonds. The Labute approximate surface area is 657 Å². The molecule has 1 saturated heterocycles. The number of nitrogens with two attached hydrogens (primary N) is 2. The first kappa shape index (κ1) is 76.8. The zero-order chi connectivity index (χ0) is 75.2. The molecule has 0 spiro atoms. The van der Waals surface area contributed by atoms with Crippen molar-refractivity contribution in [2.75, 3.05) is 11.5 Å². The smallest absolute Gasteiger partial charge is 0.399 e. The molecule has 1 fully saturated rings. The maximum Gasteiger partial charge on any atom is 0.494 e. The summed E-state index contributed by atoms with van der Waals surface area (Å²) in [6.07, 6.45) is 28.4. The number of benzene rings is 5. The van der Waals surface area contributed by atoms with Gasteiger partial charge in [0.2, 0.25) is 0 Å². The molecule has 0 aliphatic carbocycles. The molecule has 1 aliphatic rings. The minimum absolute atomic E-state index is 0.331. The molecular weight excluding hydrogens is 1630 g/mol. The summed E-state index contributed by atoms with van der Waals surface area (Å²) >= 11 is 12.4. The minimum atomic E-state index is -0.340. The molecule has 0 saturated carbocycles. The molecule has 21 heteroatoms. The van der Waals surface area contributed by atoms with E-state index in [0.29, 0.717) is 5.69 Å². The average Bonchev–Trinajstić information content (AvgIpc) is 1.62. The Morgan fingerprint density at radius 3 is 1.42 bits per heavy atom. The van der Waals surface area contributed by atoms with Crippen molar-refractivity contribution in [2.24, 2.45) is 0 Å². The molecule has 7 N–H and O–H groups in total. The highest BCUT2D eigenvalue weighted by Crippen LogP contribution is 2.38. The van der Waals surface area contributed by atoms with Gasteiger partial charge >= 0.3 is 7.12 Å². The summed E-state index contributed by atoms with van der Waals surface area (Å²) in [7, 11) is -0.340. The van der Waals surface area contributed by atoms with E-state index in [4.69, 9.17) is 32.3 Å². The Bertz CT molecular complexity index is 5700. The SMILES string of the molecule is C#Cc1cnccc1C.CCn1nc(-c2cnccn2)cc1-c1ccc2[nH]c(-c3cnccc3C)cc2c1.Cc1ccncc1-c1cc2cc(B3OC(C)(C)C(C)(C)O3)ccc2[nH]1.Cc1ccncc1-c1cc2cc(Br)ccc2[nH]1.Cc1ccncc1C#Cc1cc(Br)ccc1N.Nc1ccc(Br)cc1I. The van der Waals surface area contributed by atoms with Crippen molar-refractivity contribution in [3.8, 4) is 80.6 Å². The summed E-state index contributed by atoms with van der Waals surface area (Å²) in [6, 6.07) is 48.9. The summed E-state index contributed by atoms with van der Waals surface area (Å²) in [5.74, 6) is 8.68. The number of aryl methyl sites for hydroxylation is 6. The molecule has 11 heterocycles. The zero-order valence-corrected chi connectivity index (χ0v) is 67.1. The highest BCUT2D eigenvalue weighted by molar-refractivity contribution is 14.1. The molecule has 0 unspecified atom stereocenters. The third-order valence-electron chi connectivity index (χ3n) is 18.1. The van der Waals surface area contributed by atoms with Gasteiger partial charge in [-0.3, -0.25) is 39.6 Å². The van der Waals surface area contributed by atoms with Crippen molar-refractivity contribution in [1.29, 1.82) is 0 Å². The predicted octanol–water partition coefficient (Wildman–Crippen LogP) is 20.2. The number of pyridine rings is 5. The van der Waals surface area contributed by atoms with Crippen LogP contribution in [0.25, 0.3) is 89.1 Å². The third-order valence-corrected chi connectivity index (χ3v) is 20.5. The van der Waals surface area contributed by atoms with E-state index in [9.17, 15) is 0 Å². The number of anilines is 2. The van der Waals surface area contributed by atoms with Crippen LogP contribution in [-0.2, 0) is 15.9 Å². The van der Waals surface area contributed by atoms with Crippen LogP contribution < -0.4 is 16.9 Å². The Morgan fingerprint density at radius 1 is 0.472 bits per heavy atom. The van der Waals surface area contributed by atoms with E-state index in [1.54, 1.807) is 43.4 Å². The Kier molecular flexibility index (Phi) is 25.1. The third kappa shape index (κ3) is 19.0. The molecule has 16 rings (SSSR count). The van der Waals surface area contributed by atoms with E-state index in [0.717, 1.165) is 146 Å². The predicted molar refractivity (Wildman–Crippen MR) is 452 cm³/mol. The lowest BCUT2D eigenvalue weighted by Crippen LogP contribution is -2.41. The summed E-state index contributed by atoms with van der Waals surface area (Å²) < 4.78 is 18.6. The summed E-state index contributed by atoms with van der Waals surface area (Å²) in [5, 5.41) is 8.23. The molecule has 530 valence electrons. The summed E-state index contributed by atoms with van der Waals surface area (Å²) in [6.45, 7) is 21.4. The number of H-pyrrole nitrogens is 3. The van der Waals surface area contributed by atoms with Crippen LogP contribution in [0.5, 0.6) is 0 Å². The van der Waals surface area contributed by atoms with Crippen LogP contribution in [0, 0.1) is 62.4 Å². The normalized spacial score (nSPS) is 12.3. The van der Waals surface area contributed by atoms with Gasteiger partial charge in [-0.15, -0.1) is 6.42 Å². The van der Waals surface area contributed by atoms with Gasteiger partial charge in [-0.1, -0.05) is 83.8 Å². The topological polar surface area (TPSA) is 226 Å². The van der Waals surface area contributed by atoms with Gasteiger partial charge in [0.15, 0.2) is 0 Å². The molecule has 1 aliphatic heterocycles. The van der Waals surface area contributed by atoms with Gasteiger partial charge in [0, 0.05) is 193 Å². The van der Waals surface area contributed by atoms with Crippen LogP contribution in [0.4, 0.5) is 11.4 Å². The lowest BCUT2D eigenvalue weighted by Gasteiger charge is -2.32. The van der Waals surface area contributed by atoms with Gasteiger partial charge in [-0.05, 0) is 258 Å². The van der Waals surface area contributed by atoms with Gasteiger partial charge < -0.3 is 35.7 Å². The first-order valence-electron chi connectivity index (χ1n) is 34.0. The fourth-order valence-corrected chi connectivity index (χ4v) is 13.3. The van der Waals surface area contributed by atoms with E-state index >= 15 is 0 Å². The van der Waals surface area contributed by atoms with Gasteiger partial charge in [0.05, 0.1) is 23.1 Å². The van der Waals surface area contributed by atoms with Gasteiger partial charge in [0.25, 0.3) is 0 Å². The average molecular weight is 1700 g/mol. The lowest BCUT2D eigenvalue weighted by molar-refractivity contribution is 0.00578. The number of nitrogens with one attached hydrogen (secondary N) is 3. The number of aromatic nitrogens is 12. The van der Waals surface area contributed by atoms with Crippen LogP contribution in [0.3, 0.4) is 0 Å². The summed E-state index contributed by atoms with van der Waals surface area (Å²) in [5.41, 5.74) is 35.6. The number of halogens is 4. The first-order valence-corrected chi connectivity index (χ1v) is 37.4. The van der Waals surface area contributed by atoms with Crippen molar-refractivity contribution >= 4 is 127 Å². The number of hydrogen-bond acceptors (Lipinski definition) is 12. The van der Waals surface area contributed by atoms with Crippen LogP contribution in [0.2, 0.25) is 0 Å². The number of hydrogen-bond donors (Lipinski definition) is 5. The number of aromatic amines is 3. The molecule has 106 heavy (non-hydrogen) atoms. The van der Waals surface area contributed by atoms with E-state index in [-0.39, 0.29) is 18.3 Å². The standard InChI is InChI=1S/C23H20N6.C20H23BN2O2.2C14H11BrN2.C8H7N.C6H5BrIN/c1-3-29-23(12-21(28-29)22-14-25-8-9-26-22)16-4-5-19-17(10-16)11-20(27-19)18-13-24-7-6-15(18)2;1-13-8-9-22-12-16(13)18-11-14-10-15(6-7-17(14)23-18)21-24-19(2,3)20(4,5)25-21;1-9-4-5-16-8-12(9)14-7-10-6-11(15)2-3-13(10)17-14;1-10-6-7-17-9-12(10)3-2-11-8-13(15)4-5-14(11)16;1-3-8-6-9-5-4-7(8)2;7-4-1-2-6(9)5(8)3-4/h4-14,27H,3H2,1-2H3;6-12,23H,1-5H3;2-8,17H,1H3;4-9H,16H2,1H3;1,4-6H,2H3;1-3H,9H2. The van der Waals surface area contributed by atoms with Crippen molar-refractivity contribution in [1.82, 2.24) is 59.6 Å². The maximum absolute atomic E-state index is 6.17. The van der Waals surface area contributed by atoms with Gasteiger partial charge in [0.1, 0.15) is 11.4 Å². The van der Waals surface area contributed by atoms with E-state index < -0.39 is 0 Å². The maximum atomic E-state index is 6.17. The Balaban J connectivity index is 0.000000133. The molecule has 16 nitrogen and oxygen atoms in total. The molecule has 10 aromatic heterocycles. The molecular formula is C85H77BBr3IN14O2. The second-order valence-electron chi connectivity index (χ2n) is 26.1. The van der Waals surface area contributed by atoms with Crippen LogP contribution in [0.15, 0.2) is 240 Å². The lowest BCUT2D eigenvalue weighted by atomic mass is 9.78. The monoisotopic (exact) mass is 1700 g/mol. The van der Waals surface area contributed by atoms with Gasteiger partial charge in [-0.2, -0.15) is 5.10 Å². The fourth-order valence-electron chi connectivity index (χ4n) is 11.3. The van der Waals surface area contributed by atoms with Gasteiger partial charge in [-0.25, -0.2) is 0 Å². The summed E-state index contributed by atoms with van der Waals surface area (Å²) in [4.78, 5) is 39.6. The van der Waals surface area contributed by atoms with Crippen molar-refractivity contribution in [3.63, 3.8) is 0 Å². The van der Waals surface area contributed by atoms with Crippen molar-refractivity contribution in [2.45, 2.75) is 87.0 Å². The quantitative estimate of drug-likeness (QED) is 0.0435. The van der Waals surface area contributed by atoms with Crippen molar-refractivity contribution in [3.05, 3.63) is 288 Å². The number of fused-ring (bicyclic) bond motifs is 3.